The van der Waals surface area contributed by atoms with Gasteiger partial charge in [-0.2, -0.15) is 0 Å². The van der Waals surface area contributed by atoms with Gasteiger partial charge in [0.2, 0.25) is 0 Å². The molecule has 0 saturated heterocycles. The molecule has 1 spiro atoms. The fraction of sp³-hybridized carbons (Fsp3) is 0.0182. The molecule has 2 aliphatic rings. The van der Waals surface area contributed by atoms with E-state index in [2.05, 4.69) is 205 Å². The molecule has 1 heterocycles. The van der Waals surface area contributed by atoms with Crippen molar-refractivity contribution in [2.24, 2.45) is 0 Å². The Morgan fingerprint density at radius 3 is 1.60 bits per heavy atom. The lowest BCUT2D eigenvalue weighted by Gasteiger charge is -2.33. The van der Waals surface area contributed by atoms with E-state index in [9.17, 15) is 0 Å². The number of rotatable bonds is 5. The lowest BCUT2D eigenvalue weighted by Crippen LogP contribution is -2.26. The number of anilines is 3. The summed E-state index contributed by atoms with van der Waals surface area (Å²) in [4.78, 5) is 2.46. The molecule has 0 saturated carbocycles. The molecular weight excluding hydrogens is 691 g/mol. The first-order valence-corrected chi connectivity index (χ1v) is 19.7. The van der Waals surface area contributed by atoms with Crippen molar-refractivity contribution in [3.63, 3.8) is 0 Å². The highest BCUT2D eigenvalue weighted by atomic mass is 16.3. The standard InChI is InChI=1S/C55H35NO/c1-2-15-36(16-3-1)41-19-7-12-27-52(41)56(39-18-14-17-37(33-39)38-29-32-54-47(34-38)46-23-8-13-28-53(46)57-54)40-30-31-45-44-22-6-11-26-50(44)55(51(45)35-40)48-24-9-4-20-42(48)43-21-5-10-25-49(43)55/h1-35H. The predicted octanol–water partition coefficient (Wildman–Crippen LogP) is 14.7. The van der Waals surface area contributed by atoms with Gasteiger partial charge in [0.1, 0.15) is 11.2 Å². The highest BCUT2D eigenvalue weighted by Crippen LogP contribution is 2.63. The van der Waals surface area contributed by atoms with Crippen molar-refractivity contribution in [3.8, 4) is 44.5 Å². The molecule has 0 bridgehead atoms. The molecule has 2 nitrogen and oxygen atoms in total. The van der Waals surface area contributed by atoms with Gasteiger partial charge in [-0.15, -0.1) is 0 Å². The Kier molecular flexibility index (Phi) is 6.88. The van der Waals surface area contributed by atoms with Gasteiger partial charge in [-0.25, -0.2) is 0 Å². The van der Waals surface area contributed by atoms with Crippen LogP contribution in [-0.2, 0) is 5.41 Å². The smallest absolute Gasteiger partial charge is 0.135 e. The molecule has 0 amide bonds. The minimum absolute atomic E-state index is 0.440. The molecule has 0 radical (unpaired) electrons. The molecule has 57 heavy (non-hydrogen) atoms. The highest BCUT2D eigenvalue weighted by Gasteiger charge is 2.51. The highest BCUT2D eigenvalue weighted by molar-refractivity contribution is 6.06. The van der Waals surface area contributed by atoms with Crippen LogP contribution >= 0.6 is 0 Å². The topological polar surface area (TPSA) is 16.4 Å². The summed E-state index contributed by atoms with van der Waals surface area (Å²) in [6.45, 7) is 0. The second-order valence-corrected chi connectivity index (χ2v) is 15.2. The van der Waals surface area contributed by atoms with Crippen molar-refractivity contribution in [1.82, 2.24) is 0 Å². The number of furan rings is 1. The first-order chi connectivity index (χ1) is 28.3. The molecule has 266 valence electrons. The van der Waals surface area contributed by atoms with Crippen molar-refractivity contribution in [1.29, 1.82) is 0 Å². The summed E-state index contributed by atoms with van der Waals surface area (Å²) in [6.07, 6.45) is 0. The van der Waals surface area contributed by atoms with Gasteiger partial charge in [-0.05, 0) is 110 Å². The second-order valence-electron chi connectivity index (χ2n) is 15.2. The van der Waals surface area contributed by atoms with Crippen LogP contribution in [0.3, 0.4) is 0 Å². The summed E-state index contributed by atoms with van der Waals surface area (Å²) in [5.41, 5.74) is 19.9. The monoisotopic (exact) mass is 725 g/mol. The van der Waals surface area contributed by atoms with Crippen molar-refractivity contribution >= 4 is 39.0 Å². The lowest BCUT2D eigenvalue weighted by molar-refractivity contribution is 0.669. The Bertz CT molecular complexity index is 3140. The van der Waals surface area contributed by atoms with E-state index in [1.807, 2.05) is 12.1 Å². The molecule has 12 rings (SSSR count). The number of hydrogen-bond acceptors (Lipinski definition) is 2. The van der Waals surface area contributed by atoms with E-state index in [4.69, 9.17) is 4.42 Å². The Morgan fingerprint density at radius 2 is 0.860 bits per heavy atom. The van der Waals surface area contributed by atoms with E-state index in [1.54, 1.807) is 0 Å². The van der Waals surface area contributed by atoms with Crippen LogP contribution in [0.15, 0.2) is 217 Å². The van der Waals surface area contributed by atoms with Crippen LogP contribution in [0.2, 0.25) is 0 Å². The zero-order valence-corrected chi connectivity index (χ0v) is 31.1. The van der Waals surface area contributed by atoms with Gasteiger partial charge in [0.25, 0.3) is 0 Å². The van der Waals surface area contributed by atoms with Gasteiger partial charge in [0.15, 0.2) is 0 Å². The number of benzene rings is 9. The van der Waals surface area contributed by atoms with Gasteiger partial charge >= 0.3 is 0 Å². The average Bonchev–Trinajstić information content (AvgIpc) is 3.91. The van der Waals surface area contributed by atoms with E-state index in [0.717, 1.165) is 50.1 Å². The average molecular weight is 726 g/mol. The summed E-state index contributed by atoms with van der Waals surface area (Å²) in [5.74, 6) is 0. The molecule has 0 fully saturated rings. The molecule has 1 aromatic heterocycles. The molecule has 2 aliphatic carbocycles. The number of fused-ring (bicyclic) bond motifs is 13. The molecule has 2 heteroatoms. The zero-order valence-electron chi connectivity index (χ0n) is 31.1. The lowest BCUT2D eigenvalue weighted by atomic mass is 9.70. The predicted molar refractivity (Wildman–Crippen MR) is 236 cm³/mol. The quantitative estimate of drug-likeness (QED) is 0.176. The van der Waals surface area contributed by atoms with Gasteiger partial charge in [-0.3, -0.25) is 0 Å². The van der Waals surface area contributed by atoms with Gasteiger partial charge in [0.05, 0.1) is 11.1 Å². The SMILES string of the molecule is c1ccc(-c2ccccc2N(c2cccc(-c3ccc4oc5ccccc5c4c3)c2)c2ccc3c(c2)C2(c4ccccc4-c4ccccc42)c2ccccc2-3)cc1. The third-order valence-electron chi connectivity index (χ3n) is 12.3. The fourth-order valence-corrected chi connectivity index (χ4v) is 9.91. The van der Waals surface area contributed by atoms with E-state index in [-0.39, 0.29) is 0 Å². The summed E-state index contributed by atoms with van der Waals surface area (Å²) in [6, 6.07) is 77.6. The number of para-hydroxylation sites is 2. The first-order valence-electron chi connectivity index (χ1n) is 19.7. The third-order valence-corrected chi connectivity index (χ3v) is 12.3. The summed E-state index contributed by atoms with van der Waals surface area (Å²) in [5, 5.41) is 2.26. The zero-order chi connectivity index (χ0) is 37.5. The Hall–Kier alpha value is -7.42. The Balaban J connectivity index is 1.10. The molecule has 10 aromatic rings. The van der Waals surface area contributed by atoms with Crippen LogP contribution in [0, 0.1) is 0 Å². The van der Waals surface area contributed by atoms with Crippen LogP contribution in [0.5, 0.6) is 0 Å². The van der Waals surface area contributed by atoms with E-state index in [0.29, 0.717) is 0 Å². The third kappa shape index (κ3) is 4.59. The van der Waals surface area contributed by atoms with E-state index >= 15 is 0 Å². The van der Waals surface area contributed by atoms with Crippen LogP contribution in [-0.4, -0.2) is 0 Å². The maximum absolute atomic E-state index is 6.21. The number of nitrogens with zero attached hydrogens (tertiary/aromatic N) is 1. The van der Waals surface area contributed by atoms with Crippen molar-refractivity contribution < 1.29 is 4.42 Å². The second kappa shape index (κ2) is 12.3. The van der Waals surface area contributed by atoms with E-state index < -0.39 is 5.41 Å². The molecule has 0 N–H and O–H groups in total. The minimum atomic E-state index is -0.440. The summed E-state index contributed by atoms with van der Waals surface area (Å²) < 4.78 is 6.21. The summed E-state index contributed by atoms with van der Waals surface area (Å²) in [7, 11) is 0. The fourth-order valence-electron chi connectivity index (χ4n) is 9.91. The molecule has 9 aromatic carbocycles. The van der Waals surface area contributed by atoms with Crippen LogP contribution in [0.25, 0.3) is 66.4 Å². The van der Waals surface area contributed by atoms with Gasteiger partial charge in [0, 0.05) is 27.7 Å². The molecule has 0 atom stereocenters. The maximum Gasteiger partial charge on any atom is 0.135 e. The van der Waals surface area contributed by atoms with Crippen molar-refractivity contribution in [2.75, 3.05) is 4.90 Å². The van der Waals surface area contributed by atoms with Crippen LogP contribution in [0.1, 0.15) is 22.3 Å². The normalized spacial score (nSPS) is 13.1. The number of hydrogen-bond donors (Lipinski definition) is 0. The van der Waals surface area contributed by atoms with Gasteiger partial charge < -0.3 is 9.32 Å². The van der Waals surface area contributed by atoms with Crippen molar-refractivity contribution in [3.05, 3.63) is 235 Å². The maximum atomic E-state index is 6.21. The van der Waals surface area contributed by atoms with Crippen LogP contribution < -0.4 is 4.90 Å². The molecular formula is C55H35NO. The van der Waals surface area contributed by atoms with Gasteiger partial charge in [-0.1, -0.05) is 164 Å². The summed E-state index contributed by atoms with van der Waals surface area (Å²) >= 11 is 0. The molecule has 0 unspecified atom stereocenters. The first kappa shape index (κ1) is 31.9. The largest absolute Gasteiger partial charge is 0.456 e. The Morgan fingerprint density at radius 1 is 0.316 bits per heavy atom. The van der Waals surface area contributed by atoms with Crippen LogP contribution in [0.4, 0.5) is 17.1 Å². The van der Waals surface area contributed by atoms with Crippen molar-refractivity contribution in [2.45, 2.75) is 5.41 Å². The minimum Gasteiger partial charge on any atom is -0.456 e. The Labute approximate surface area is 331 Å². The van der Waals surface area contributed by atoms with E-state index in [1.165, 1.54) is 55.6 Å². The molecule has 0 aliphatic heterocycles.